The lowest BCUT2D eigenvalue weighted by Gasteiger charge is -2.21. The van der Waals surface area contributed by atoms with Gasteiger partial charge in [0.15, 0.2) is 0 Å². The molecule has 0 atom stereocenters. The molecule has 0 bridgehead atoms. The van der Waals surface area contributed by atoms with E-state index >= 15 is 0 Å². The molecule has 4 heteroatoms. The van der Waals surface area contributed by atoms with Crippen molar-refractivity contribution in [1.29, 1.82) is 0 Å². The van der Waals surface area contributed by atoms with E-state index in [9.17, 15) is 0 Å². The fraction of sp³-hybridized carbons (Fsp3) is 0.378. The van der Waals surface area contributed by atoms with Gasteiger partial charge in [-0.2, -0.15) is 0 Å². The summed E-state index contributed by atoms with van der Waals surface area (Å²) >= 11 is 0. The summed E-state index contributed by atoms with van der Waals surface area (Å²) in [5, 5.41) is 0. The van der Waals surface area contributed by atoms with Gasteiger partial charge in [-0.25, -0.2) is 4.98 Å². The van der Waals surface area contributed by atoms with Gasteiger partial charge in [0.1, 0.15) is 11.5 Å². The number of anilines is 1. The lowest BCUT2D eigenvalue weighted by atomic mass is 9.99. The van der Waals surface area contributed by atoms with Gasteiger partial charge in [-0.05, 0) is 86.3 Å². The van der Waals surface area contributed by atoms with E-state index < -0.39 is 0 Å². The van der Waals surface area contributed by atoms with Gasteiger partial charge >= 0.3 is 0 Å². The predicted octanol–water partition coefficient (Wildman–Crippen LogP) is 10.1. The Bertz CT molecular complexity index is 1270. The maximum atomic E-state index is 6.28. The molecule has 0 amide bonds. The molecule has 0 spiro atoms. The van der Waals surface area contributed by atoms with E-state index in [1.165, 1.54) is 31.4 Å². The Balaban J connectivity index is 1.78. The Morgan fingerprint density at radius 3 is 1.51 bits per heavy atom. The number of hydrogen-bond acceptors (Lipinski definition) is 4. The molecule has 0 saturated heterocycles. The first-order chi connectivity index (χ1) is 20.2. The van der Waals surface area contributed by atoms with Crippen LogP contribution in [0, 0.1) is 0 Å². The predicted molar refractivity (Wildman–Crippen MR) is 174 cm³/mol. The van der Waals surface area contributed by atoms with Gasteiger partial charge in [0.25, 0.3) is 0 Å². The molecule has 0 aliphatic rings. The van der Waals surface area contributed by atoms with Gasteiger partial charge in [-0.1, -0.05) is 75.9 Å². The first-order valence-corrected chi connectivity index (χ1v) is 15.5. The second kappa shape index (κ2) is 15.9. The molecule has 216 valence electrons. The summed E-state index contributed by atoms with van der Waals surface area (Å²) in [6.45, 7) is 12.2. The molecule has 0 saturated carbocycles. The average molecular weight is 551 g/mol. The van der Waals surface area contributed by atoms with Crippen molar-refractivity contribution in [3.63, 3.8) is 0 Å². The molecule has 4 aromatic rings. The summed E-state index contributed by atoms with van der Waals surface area (Å²) in [5.41, 5.74) is 7.34. The Morgan fingerprint density at radius 1 is 0.561 bits per heavy atom. The molecule has 1 aromatic heterocycles. The largest absolute Gasteiger partial charge is 0.493 e. The normalized spacial score (nSPS) is 10.9. The Labute approximate surface area is 247 Å². The highest BCUT2D eigenvalue weighted by molar-refractivity contribution is 5.80. The monoisotopic (exact) mass is 550 g/mol. The molecule has 0 unspecified atom stereocenters. The number of aromatic nitrogens is 1. The summed E-state index contributed by atoms with van der Waals surface area (Å²) in [6, 6.07) is 29.8. The van der Waals surface area contributed by atoms with Crippen LogP contribution < -0.4 is 14.4 Å². The quantitative estimate of drug-likeness (QED) is 0.130. The van der Waals surface area contributed by atoms with Crippen LogP contribution in [0.2, 0.25) is 0 Å². The molecular weight excluding hydrogens is 504 g/mol. The highest BCUT2D eigenvalue weighted by Gasteiger charge is 2.15. The van der Waals surface area contributed by atoms with Crippen LogP contribution in [0.1, 0.15) is 66.2 Å². The number of unbranched alkanes of at least 4 members (excludes halogenated alkanes) is 4. The highest BCUT2D eigenvalue weighted by atomic mass is 16.5. The molecule has 0 N–H and O–H groups in total. The Morgan fingerprint density at radius 2 is 1.05 bits per heavy atom. The zero-order valence-corrected chi connectivity index (χ0v) is 25.4. The Kier molecular flexibility index (Phi) is 11.7. The average Bonchev–Trinajstić information content (AvgIpc) is 3.02. The smallest absolute Gasteiger partial charge is 0.128 e. The van der Waals surface area contributed by atoms with Crippen molar-refractivity contribution in [2.24, 2.45) is 0 Å². The SMILES string of the molecule is CCCCCOc1ccccc1-c1cc(-c2ccc(N(CC)CC)cc2)cc(-c2ccccc2OCCCCC)n1. The van der Waals surface area contributed by atoms with Gasteiger partial charge in [0, 0.05) is 29.9 Å². The van der Waals surface area contributed by atoms with Crippen LogP contribution in [0.4, 0.5) is 5.69 Å². The third-order valence-corrected chi connectivity index (χ3v) is 7.49. The number of hydrogen-bond donors (Lipinski definition) is 0. The molecule has 41 heavy (non-hydrogen) atoms. The van der Waals surface area contributed by atoms with Crippen molar-refractivity contribution in [3.05, 3.63) is 84.9 Å². The van der Waals surface area contributed by atoms with Gasteiger partial charge in [0.2, 0.25) is 0 Å². The zero-order valence-electron chi connectivity index (χ0n) is 25.4. The van der Waals surface area contributed by atoms with Crippen molar-refractivity contribution >= 4 is 5.69 Å². The van der Waals surface area contributed by atoms with Crippen molar-refractivity contribution in [3.8, 4) is 45.1 Å². The van der Waals surface area contributed by atoms with Gasteiger partial charge in [0.05, 0.1) is 24.6 Å². The maximum absolute atomic E-state index is 6.28. The van der Waals surface area contributed by atoms with E-state index in [1.54, 1.807) is 0 Å². The van der Waals surface area contributed by atoms with Crippen LogP contribution in [-0.2, 0) is 0 Å². The van der Waals surface area contributed by atoms with Crippen LogP contribution in [0.25, 0.3) is 33.6 Å². The fourth-order valence-electron chi connectivity index (χ4n) is 5.10. The van der Waals surface area contributed by atoms with Gasteiger partial charge in [-0.3, -0.25) is 0 Å². The van der Waals surface area contributed by atoms with Gasteiger partial charge in [-0.15, -0.1) is 0 Å². The number of rotatable bonds is 16. The molecule has 0 aliphatic carbocycles. The van der Waals surface area contributed by atoms with Crippen LogP contribution >= 0.6 is 0 Å². The summed E-state index contributed by atoms with van der Waals surface area (Å²) in [6.07, 6.45) is 6.77. The minimum absolute atomic E-state index is 0.707. The highest BCUT2D eigenvalue weighted by Crippen LogP contribution is 2.37. The lowest BCUT2D eigenvalue weighted by molar-refractivity contribution is 0.307. The van der Waals surface area contributed by atoms with E-state index in [2.05, 4.69) is 105 Å². The van der Waals surface area contributed by atoms with E-state index in [4.69, 9.17) is 14.5 Å². The molecule has 0 radical (unpaired) electrons. The lowest BCUT2D eigenvalue weighted by Crippen LogP contribution is -2.21. The third kappa shape index (κ3) is 8.13. The van der Waals surface area contributed by atoms with Gasteiger partial charge < -0.3 is 14.4 Å². The number of ether oxygens (including phenoxy) is 2. The third-order valence-electron chi connectivity index (χ3n) is 7.49. The fourth-order valence-corrected chi connectivity index (χ4v) is 5.10. The molecule has 3 aromatic carbocycles. The summed E-state index contributed by atoms with van der Waals surface area (Å²) in [7, 11) is 0. The van der Waals surface area contributed by atoms with E-state index in [0.29, 0.717) is 13.2 Å². The number of nitrogens with zero attached hydrogens (tertiary/aromatic N) is 2. The molecule has 4 rings (SSSR count). The minimum Gasteiger partial charge on any atom is -0.493 e. The number of benzene rings is 3. The molecule has 0 aliphatic heterocycles. The number of pyridine rings is 1. The van der Waals surface area contributed by atoms with Crippen LogP contribution in [0.5, 0.6) is 11.5 Å². The van der Waals surface area contributed by atoms with Crippen LogP contribution in [-0.4, -0.2) is 31.3 Å². The second-order valence-corrected chi connectivity index (χ2v) is 10.4. The van der Waals surface area contributed by atoms with Crippen molar-refractivity contribution in [1.82, 2.24) is 4.98 Å². The minimum atomic E-state index is 0.707. The van der Waals surface area contributed by atoms with Crippen molar-refractivity contribution < 1.29 is 9.47 Å². The Hall–Kier alpha value is -3.79. The van der Waals surface area contributed by atoms with E-state index in [1.807, 2.05) is 12.1 Å². The topological polar surface area (TPSA) is 34.6 Å². The summed E-state index contributed by atoms with van der Waals surface area (Å²) in [5.74, 6) is 1.75. The van der Waals surface area contributed by atoms with Crippen molar-refractivity contribution in [2.75, 3.05) is 31.2 Å². The molecule has 4 nitrogen and oxygen atoms in total. The maximum Gasteiger partial charge on any atom is 0.128 e. The number of para-hydroxylation sites is 2. The molecular formula is C37H46N2O2. The molecule has 1 heterocycles. The first kappa shape index (κ1) is 30.2. The first-order valence-electron chi connectivity index (χ1n) is 15.5. The van der Waals surface area contributed by atoms with E-state index in [-0.39, 0.29) is 0 Å². The van der Waals surface area contributed by atoms with Crippen molar-refractivity contribution in [2.45, 2.75) is 66.2 Å². The second-order valence-electron chi connectivity index (χ2n) is 10.4. The summed E-state index contributed by atoms with van der Waals surface area (Å²) < 4.78 is 12.6. The standard InChI is InChI=1S/C37H46N2O2/c1-5-9-15-25-40-36-19-13-11-17-32(36)34-27-30(29-21-23-31(24-22-29)39(7-3)8-4)28-35(38-34)33-18-12-14-20-37(33)41-26-16-10-6-2/h11-14,17-24,27-28H,5-10,15-16,25-26H2,1-4H3. The van der Waals surface area contributed by atoms with Crippen LogP contribution in [0.3, 0.4) is 0 Å². The van der Waals surface area contributed by atoms with E-state index in [0.717, 1.165) is 71.1 Å². The van der Waals surface area contributed by atoms with Crippen LogP contribution in [0.15, 0.2) is 84.9 Å². The zero-order chi connectivity index (χ0) is 28.9. The summed E-state index contributed by atoms with van der Waals surface area (Å²) in [4.78, 5) is 7.58. The molecule has 0 fully saturated rings.